The average molecular weight is 379 g/mol. The van der Waals surface area contributed by atoms with Crippen molar-refractivity contribution in [3.8, 4) is 0 Å². The van der Waals surface area contributed by atoms with E-state index in [2.05, 4.69) is 50.9 Å². The number of carbonyl (C=O) groups is 1. The molecular formula is C23H30N4O. The van der Waals surface area contributed by atoms with Crippen molar-refractivity contribution >= 4 is 11.9 Å². The van der Waals surface area contributed by atoms with Gasteiger partial charge in [0.2, 0.25) is 0 Å². The lowest BCUT2D eigenvalue weighted by atomic mass is 9.99. The molecule has 3 rings (SSSR count). The Bertz CT molecular complexity index is 803. The number of hydrogen-bond donors (Lipinski definition) is 2. The monoisotopic (exact) mass is 378 g/mol. The van der Waals surface area contributed by atoms with Gasteiger partial charge in [0.15, 0.2) is 5.96 Å². The Balaban J connectivity index is 1.57. The Labute approximate surface area is 167 Å². The van der Waals surface area contributed by atoms with E-state index in [0.717, 1.165) is 37.5 Å². The van der Waals surface area contributed by atoms with E-state index in [1.54, 1.807) is 0 Å². The number of benzene rings is 2. The predicted octanol–water partition coefficient (Wildman–Crippen LogP) is 3.39. The second-order valence-electron chi connectivity index (χ2n) is 7.20. The molecule has 1 aliphatic heterocycles. The predicted molar refractivity (Wildman–Crippen MR) is 115 cm³/mol. The number of carbonyl (C=O) groups excluding carboxylic acids is 1. The normalized spacial score (nSPS) is 16.9. The highest BCUT2D eigenvalue weighted by atomic mass is 16.1. The van der Waals surface area contributed by atoms with Crippen molar-refractivity contribution in [2.45, 2.75) is 32.2 Å². The van der Waals surface area contributed by atoms with Crippen molar-refractivity contribution < 1.29 is 4.79 Å². The minimum atomic E-state index is -0.0154. The van der Waals surface area contributed by atoms with E-state index >= 15 is 0 Å². The molecule has 28 heavy (non-hydrogen) atoms. The Morgan fingerprint density at radius 1 is 1.14 bits per heavy atom. The van der Waals surface area contributed by atoms with Crippen molar-refractivity contribution in [3.05, 3.63) is 71.3 Å². The van der Waals surface area contributed by atoms with E-state index in [9.17, 15) is 4.79 Å². The smallest absolute Gasteiger partial charge is 0.251 e. The van der Waals surface area contributed by atoms with Gasteiger partial charge in [-0.2, -0.15) is 0 Å². The van der Waals surface area contributed by atoms with Gasteiger partial charge < -0.3 is 15.5 Å². The first-order chi connectivity index (χ1) is 13.7. The summed E-state index contributed by atoms with van der Waals surface area (Å²) in [6.45, 7) is 5.37. The first-order valence-electron chi connectivity index (χ1n) is 10.1. The molecule has 1 heterocycles. The van der Waals surface area contributed by atoms with E-state index in [1.165, 1.54) is 5.56 Å². The van der Waals surface area contributed by atoms with Gasteiger partial charge in [-0.05, 0) is 36.1 Å². The summed E-state index contributed by atoms with van der Waals surface area (Å²) < 4.78 is 0. The second-order valence-corrected chi connectivity index (χ2v) is 7.20. The van der Waals surface area contributed by atoms with Gasteiger partial charge in [0.1, 0.15) is 0 Å². The summed E-state index contributed by atoms with van der Waals surface area (Å²) in [5.41, 5.74) is 3.17. The third-order valence-electron chi connectivity index (χ3n) is 5.15. The first kappa shape index (κ1) is 19.9. The van der Waals surface area contributed by atoms with E-state index in [4.69, 9.17) is 0 Å². The van der Waals surface area contributed by atoms with Gasteiger partial charge in [-0.1, -0.05) is 49.4 Å². The molecule has 1 unspecified atom stereocenters. The standard InChI is InChI=1S/C23H30N4O/c1-3-13-25-22(28)20-11-7-8-18(15-20)16-26-23(24-2)27-14-12-21(17-27)19-9-5-4-6-10-19/h4-11,15,21H,3,12-14,16-17H2,1-2H3,(H,24,26)(H,25,28). The van der Waals surface area contributed by atoms with Gasteiger partial charge in [0.05, 0.1) is 0 Å². The van der Waals surface area contributed by atoms with Gasteiger partial charge in [0, 0.05) is 44.7 Å². The molecule has 1 atom stereocenters. The lowest BCUT2D eigenvalue weighted by Crippen LogP contribution is -2.39. The number of nitrogens with one attached hydrogen (secondary N) is 2. The van der Waals surface area contributed by atoms with Crippen LogP contribution in [0, 0.1) is 0 Å². The Morgan fingerprint density at radius 3 is 2.71 bits per heavy atom. The fourth-order valence-corrected chi connectivity index (χ4v) is 3.63. The molecule has 1 saturated heterocycles. The number of amides is 1. The molecule has 0 radical (unpaired) electrons. The molecule has 2 N–H and O–H groups in total. The van der Waals surface area contributed by atoms with Crippen molar-refractivity contribution in [2.24, 2.45) is 4.99 Å². The zero-order valence-electron chi connectivity index (χ0n) is 16.8. The van der Waals surface area contributed by atoms with E-state index in [0.29, 0.717) is 24.6 Å². The van der Waals surface area contributed by atoms with Crippen molar-refractivity contribution in [2.75, 3.05) is 26.7 Å². The molecule has 2 aromatic carbocycles. The number of hydrogen-bond acceptors (Lipinski definition) is 2. The number of guanidine groups is 1. The molecule has 0 bridgehead atoms. The summed E-state index contributed by atoms with van der Waals surface area (Å²) in [7, 11) is 1.83. The summed E-state index contributed by atoms with van der Waals surface area (Å²) in [4.78, 5) is 18.9. The number of aliphatic imine (C=N–C) groups is 1. The molecule has 5 heteroatoms. The molecule has 1 aliphatic rings. The highest BCUT2D eigenvalue weighted by molar-refractivity contribution is 5.94. The van der Waals surface area contributed by atoms with E-state index in [1.807, 2.05) is 38.2 Å². The Hall–Kier alpha value is -2.82. The van der Waals surface area contributed by atoms with Crippen LogP contribution in [-0.2, 0) is 6.54 Å². The van der Waals surface area contributed by atoms with Gasteiger partial charge in [-0.3, -0.25) is 9.79 Å². The number of rotatable bonds is 6. The SMILES string of the molecule is CCCNC(=O)c1cccc(CNC(=NC)N2CCC(c3ccccc3)C2)c1. The van der Waals surface area contributed by atoms with Crippen LogP contribution in [0.4, 0.5) is 0 Å². The third kappa shape index (κ3) is 5.12. The summed E-state index contributed by atoms with van der Waals surface area (Å²) in [5.74, 6) is 1.45. The molecule has 5 nitrogen and oxygen atoms in total. The van der Waals surface area contributed by atoms with Crippen LogP contribution in [-0.4, -0.2) is 43.4 Å². The van der Waals surface area contributed by atoms with Crippen molar-refractivity contribution in [3.63, 3.8) is 0 Å². The van der Waals surface area contributed by atoms with E-state index in [-0.39, 0.29) is 5.91 Å². The summed E-state index contributed by atoms with van der Waals surface area (Å²) in [5, 5.41) is 6.38. The van der Waals surface area contributed by atoms with Crippen LogP contribution in [0.1, 0.15) is 47.2 Å². The van der Waals surface area contributed by atoms with Crippen LogP contribution in [0.15, 0.2) is 59.6 Å². The van der Waals surface area contributed by atoms with Gasteiger partial charge >= 0.3 is 0 Å². The van der Waals surface area contributed by atoms with Crippen LogP contribution >= 0.6 is 0 Å². The van der Waals surface area contributed by atoms with Gasteiger partial charge in [0.25, 0.3) is 5.91 Å². The average Bonchev–Trinajstić information content (AvgIpc) is 3.23. The number of nitrogens with zero attached hydrogens (tertiary/aromatic N) is 2. The molecule has 0 saturated carbocycles. The third-order valence-corrected chi connectivity index (χ3v) is 5.15. The highest BCUT2D eigenvalue weighted by Crippen LogP contribution is 2.26. The maximum absolute atomic E-state index is 12.2. The number of likely N-dealkylation sites (tertiary alicyclic amines) is 1. The van der Waals surface area contributed by atoms with Crippen LogP contribution < -0.4 is 10.6 Å². The van der Waals surface area contributed by atoms with Gasteiger partial charge in [-0.25, -0.2) is 0 Å². The molecule has 0 aromatic heterocycles. The summed E-state index contributed by atoms with van der Waals surface area (Å²) >= 11 is 0. The van der Waals surface area contributed by atoms with Crippen molar-refractivity contribution in [1.82, 2.24) is 15.5 Å². The van der Waals surface area contributed by atoms with Crippen molar-refractivity contribution in [1.29, 1.82) is 0 Å². The molecule has 1 fully saturated rings. The molecule has 1 amide bonds. The van der Waals surface area contributed by atoms with Crippen LogP contribution in [0.2, 0.25) is 0 Å². The molecule has 148 valence electrons. The Morgan fingerprint density at radius 2 is 1.96 bits per heavy atom. The lowest BCUT2D eigenvalue weighted by molar-refractivity contribution is 0.0953. The second kappa shape index (κ2) is 9.93. The lowest BCUT2D eigenvalue weighted by Gasteiger charge is -2.22. The fraction of sp³-hybridized carbons (Fsp3) is 0.391. The van der Waals surface area contributed by atoms with Gasteiger partial charge in [-0.15, -0.1) is 0 Å². The maximum atomic E-state index is 12.2. The van der Waals surface area contributed by atoms with Crippen LogP contribution in [0.3, 0.4) is 0 Å². The minimum absolute atomic E-state index is 0.0154. The molecule has 2 aromatic rings. The van der Waals surface area contributed by atoms with Crippen LogP contribution in [0.25, 0.3) is 0 Å². The quantitative estimate of drug-likeness (QED) is 0.598. The maximum Gasteiger partial charge on any atom is 0.251 e. The molecule has 0 spiro atoms. The van der Waals surface area contributed by atoms with Crippen LogP contribution in [0.5, 0.6) is 0 Å². The topological polar surface area (TPSA) is 56.7 Å². The molecule has 0 aliphatic carbocycles. The minimum Gasteiger partial charge on any atom is -0.352 e. The summed E-state index contributed by atoms with van der Waals surface area (Å²) in [6, 6.07) is 18.5. The Kier molecular flexibility index (Phi) is 7.06. The highest BCUT2D eigenvalue weighted by Gasteiger charge is 2.25. The zero-order valence-corrected chi connectivity index (χ0v) is 16.8. The first-order valence-corrected chi connectivity index (χ1v) is 10.1. The summed E-state index contributed by atoms with van der Waals surface area (Å²) in [6.07, 6.45) is 2.07. The van der Waals surface area contributed by atoms with E-state index < -0.39 is 0 Å². The fourth-order valence-electron chi connectivity index (χ4n) is 3.63. The molecular weight excluding hydrogens is 348 g/mol. The largest absolute Gasteiger partial charge is 0.352 e. The zero-order chi connectivity index (χ0) is 19.8.